The molecule has 4 atom stereocenters. The molecule has 1 amide bonds. The van der Waals surface area contributed by atoms with Gasteiger partial charge in [-0.25, -0.2) is 4.79 Å². The Kier molecular flexibility index (Phi) is 4.61. The minimum absolute atomic E-state index is 0.122. The number of carbonyl (C=O) groups is 1. The van der Waals surface area contributed by atoms with Crippen molar-refractivity contribution in [1.82, 2.24) is 16.0 Å². The average Bonchev–Trinajstić information content (AvgIpc) is 2.86. The molecule has 3 rings (SSSR count). The summed E-state index contributed by atoms with van der Waals surface area (Å²) < 4.78 is 11.3. The Morgan fingerprint density at radius 3 is 2.59 bits per heavy atom. The van der Waals surface area contributed by atoms with Gasteiger partial charge in [0.15, 0.2) is 0 Å². The molecule has 0 aromatic heterocycles. The van der Waals surface area contributed by atoms with Gasteiger partial charge in [0.1, 0.15) is 5.60 Å². The van der Waals surface area contributed by atoms with Crippen molar-refractivity contribution >= 4 is 6.09 Å². The van der Waals surface area contributed by atoms with Gasteiger partial charge in [-0.05, 0) is 53.1 Å². The van der Waals surface area contributed by atoms with E-state index < -0.39 is 5.60 Å². The van der Waals surface area contributed by atoms with Gasteiger partial charge in [0.25, 0.3) is 0 Å². The molecule has 3 fully saturated rings. The highest BCUT2D eigenvalue weighted by molar-refractivity contribution is 5.68. The van der Waals surface area contributed by atoms with Gasteiger partial charge in [-0.15, -0.1) is 0 Å². The number of amides is 1. The molecule has 0 spiro atoms. The first-order valence-electron chi connectivity index (χ1n) is 8.52. The number of ether oxygens (including phenoxy) is 2. The third-order valence-corrected chi connectivity index (χ3v) is 4.84. The van der Waals surface area contributed by atoms with Crippen molar-refractivity contribution < 1.29 is 14.3 Å². The molecule has 1 saturated carbocycles. The van der Waals surface area contributed by atoms with Crippen molar-refractivity contribution in [2.45, 2.75) is 69.9 Å². The van der Waals surface area contributed by atoms with Crippen LogP contribution in [0.25, 0.3) is 0 Å². The molecule has 6 heteroatoms. The number of carbonyl (C=O) groups excluding carboxylic acids is 1. The monoisotopic (exact) mass is 311 g/mol. The molecule has 0 aromatic carbocycles. The molecule has 126 valence electrons. The normalized spacial score (nSPS) is 35.6. The number of piperidine rings is 1. The average molecular weight is 311 g/mol. The zero-order valence-corrected chi connectivity index (χ0v) is 13.9. The Balaban J connectivity index is 1.57. The molecular formula is C16H29N3O3. The molecule has 3 aliphatic rings. The van der Waals surface area contributed by atoms with E-state index in [9.17, 15) is 4.79 Å². The third-order valence-electron chi connectivity index (χ3n) is 4.84. The molecule has 2 saturated heterocycles. The van der Waals surface area contributed by atoms with Gasteiger partial charge in [0.05, 0.1) is 18.2 Å². The molecule has 1 aliphatic carbocycles. The number of hydrogen-bond acceptors (Lipinski definition) is 5. The number of alkyl carbamates (subject to hydrolysis) is 1. The fraction of sp³-hybridized carbons (Fsp3) is 0.938. The summed E-state index contributed by atoms with van der Waals surface area (Å²) in [5, 5.41) is 10.2. The summed E-state index contributed by atoms with van der Waals surface area (Å²) in [5.74, 6) is 0.423. The highest BCUT2D eigenvalue weighted by Crippen LogP contribution is 2.39. The number of hydrogen-bond donors (Lipinski definition) is 3. The van der Waals surface area contributed by atoms with Gasteiger partial charge < -0.3 is 25.4 Å². The quantitative estimate of drug-likeness (QED) is 0.725. The molecule has 6 nitrogen and oxygen atoms in total. The van der Waals surface area contributed by atoms with Crippen LogP contribution in [0.5, 0.6) is 0 Å². The minimum atomic E-state index is -0.461. The minimum Gasteiger partial charge on any atom is -0.444 e. The van der Waals surface area contributed by atoms with E-state index in [1.165, 1.54) is 0 Å². The first-order chi connectivity index (χ1) is 10.4. The Morgan fingerprint density at radius 1 is 1.18 bits per heavy atom. The summed E-state index contributed by atoms with van der Waals surface area (Å²) in [5.41, 5.74) is -0.461. The van der Waals surface area contributed by atoms with Gasteiger partial charge in [-0.2, -0.15) is 0 Å². The van der Waals surface area contributed by atoms with Crippen LogP contribution in [0.3, 0.4) is 0 Å². The van der Waals surface area contributed by atoms with Gasteiger partial charge >= 0.3 is 6.09 Å². The van der Waals surface area contributed by atoms with Gasteiger partial charge in [0, 0.05) is 18.6 Å². The van der Waals surface area contributed by atoms with Crippen molar-refractivity contribution in [2.75, 3.05) is 19.7 Å². The topological polar surface area (TPSA) is 71.6 Å². The first kappa shape index (κ1) is 16.0. The summed E-state index contributed by atoms with van der Waals surface area (Å²) >= 11 is 0. The van der Waals surface area contributed by atoms with Crippen LogP contribution in [0.4, 0.5) is 4.79 Å². The van der Waals surface area contributed by atoms with Crippen LogP contribution in [-0.2, 0) is 9.47 Å². The maximum Gasteiger partial charge on any atom is 0.407 e. The molecule has 2 heterocycles. The maximum atomic E-state index is 12.1. The Morgan fingerprint density at radius 2 is 1.91 bits per heavy atom. The molecule has 4 unspecified atom stereocenters. The number of rotatable bonds is 3. The van der Waals surface area contributed by atoms with Crippen LogP contribution in [0.15, 0.2) is 0 Å². The lowest BCUT2D eigenvalue weighted by atomic mass is 9.71. The van der Waals surface area contributed by atoms with Crippen LogP contribution in [-0.4, -0.2) is 55.6 Å². The van der Waals surface area contributed by atoms with Crippen LogP contribution >= 0.6 is 0 Å². The highest BCUT2D eigenvalue weighted by atomic mass is 16.6. The fourth-order valence-electron chi connectivity index (χ4n) is 3.81. The van der Waals surface area contributed by atoms with E-state index in [1.54, 1.807) is 0 Å². The Labute approximate surface area is 132 Å². The Hall–Kier alpha value is -0.850. The molecule has 0 radical (unpaired) electrons. The molecule has 2 aliphatic heterocycles. The maximum absolute atomic E-state index is 12.1. The fourth-order valence-corrected chi connectivity index (χ4v) is 3.81. The van der Waals surface area contributed by atoms with Crippen LogP contribution in [0, 0.1) is 5.92 Å². The van der Waals surface area contributed by atoms with Crippen molar-refractivity contribution in [1.29, 1.82) is 0 Å². The van der Waals surface area contributed by atoms with E-state index in [0.29, 0.717) is 12.0 Å². The van der Waals surface area contributed by atoms with E-state index in [-0.39, 0.29) is 24.3 Å². The van der Waals surface area contributed by atoms with Crippen molar-refractivity contribution in [3.05, 3.63) is 0 Å². The van der Waals surface area contributed by atoms with Crippen molar-refractivity contribution in [2.24, 2.45) is 5.92 Å². The third kappa shape index (κ3) is 3.55. The molecular weight excluding hydrogens is 282 g/mol. The van der Waals surface area contributed by atoms with Gasteiger partial charge in [-0.3, -0.25) is 0 Å². The first-order valence-corrected chi connectivity index (χ1v) is 8.52. The second-order valence-corrected chi connectivity index (χ2v) is 7.68. The zero-order chi connectivity index (χ0) is 15.7. The van der Waals surface area contributed by atoms with Crippen LogP contribution < -0.4 is 16.0 Å². The van der Waals surface area contributed by atoms with E-state index in [2.05, 4.69) is 16.0 Å². The second kappa shape index (κ2) is 6.34. The predicted molar refractivity (Wildman–Crippen MR) is 83.8 cm³/mol. The van der Waals surface area contributed by atoms with E-state index >= 15 is 0 Å². The molecule has 3 N–H and O–H groups in total. The van der Waals surface area contributed by atoms with Gasteiger partial charge in [0.2, 0.25) is 0 Å². The highest BCUT2D eigenvalue weighted by Gasteiger charge is 2.55. The van der Waals surface area contributed by atoms with Crippen LogP contribution in [0.1, 0.15) is 40.0 Å². The summed E-state index contributed by atoms with van der Waals surface area (Å²) in [4.78, 5) is 12.1. The predicted octanol–water partition coefficient (Wildman–Crippen LogP) is 1.01. The van der Waals surface area contributed by atoms with Crippen LogP contribution in [0.2, 0.25) is 0 Å². The van der Waals surface area contributed by atoms with Crippen molar-refractivity contribution in [3.8, 4) is 0 Å². The Bertz CT molecular complexity index is 404. The molecule has 0 aromatic rings. The lowest BCUT2D eigenvalue weighted by Gasteiger charge is -2.49. The van der Waals surface area contributed by atoms with Crippen molar-refractivity contribution in [3.63, 3.8) is 0 Å². The van der Waals surface area contributed by atoms with E-state index in [4.69, 9.17) is 9.47 Å². The van der Waals surface area contributed by atoms with E-state index in [0.717, 1.165) is 39.0 Å². The summed E-state index contributed by atoms with van der Waals surface area (Å²) in [7, 11) is 0. The smallest absolute Gasteiger partial charge is 0.407 e. The van der Waals surface area contributed by atoms with Gasteiger partial charge in [-0.1, -0.05) is 0 Å². The number of nitrogens with one attached hydrogen (secondary N) is 3. The second-order valence-electron chi connectivity index (χ2n) is 7.68. The summed E-state index contributed by atoms with van der Waals surface area (Å²) in [6.45, 7) is 8.58. The lowest BCUT2D eigenvalue weighted by molar-refractivity contribution is -0.0387. The standard InChI is InChI=1S/C16H29N3O3/c1-16(2,3)22-15(20)19-12-11-6-9-21-14(11)13(12)18-10-4-7-17-8-5-10/h10-14,17-18H,4-9H2,1-3H3,(H,19,20). The largest absolute Gasteiger partial charge is 0.444 e. The lowest BCUT2D eigenvalue weighted by Crippen LogP contribution is -2.72. The molecule has 22 heavy (non-hydrogen) atoms. The summed E-state index contributed by atoms with van der Waals surface area (Å²) in [6, 6.07) is 0.847. The van der Waals surface area contributed by atoms with E-state index in [1.807, 2.05) is 20.8 Å². The summed E-state index contributed by atoms with van der Waals surface area (Å²) in [6.07, 6.45) is 3.21. The molecule has 0 bridgehead atoms. The zero-order valence-electron chi connectivity index (χ0n) is 13.9. The number of fused-ring (bicyclic) bond motifs is 1. The SMILES string of the molecule is CC(C)(C)OC(=O)NC1C2CCOC2C1NC1CCNCC1.